The zero-order chi connectivity index (χ0) is 25.9. The highest BCUT2D eigenvalue weighted by Crippen LogP contribution is 2.46. The van der Waals surface area contributed by atoms with Gasteiger partial charge in [0.25, 0.3) is 0 Å². The molecule has 0 amide bonds. The summed E-state index contributed by atoms with van der Waals surface area (Å²) in [5.74, 6) is 1.45. The van der Waals surface area contributed by atoms with Gasteiger partial charge < -0.3 is 14.6 Å². The van der Waals surface area contributed by atoms with E-state index in [1.54, 1.807) is 40.1 Å². The first-order valence-corrected chi connectivity index (χ1v) is 15.7. The van der Waals surface area contributed by atoms with Gasteiger partial charge >= 0.3 is 5.63 Å². The highest BCUT2D eigenvalue weighted by atomic mass is 32.1. The maximum atomic E-state index is 11.5. The van der Waals surface area contributed by atoms with Crippen molar-refractivity contribution in [3.8, 4) is 15.5 Å². The molecule has 0 bridgehead atoms. The highest BCUT2D eigenvalue weighted by Gasteiger charge is 2.33. The monoisotopic (exact) mass is 560 g/mol. The fourth-order valence-electron chi connectivity index (χ4n) is 4.12. The van der Waals surface area contributed by atoms with Crippen molar-refractivity contribution in [1.29, 1.82) is 0 Å². The van der Waals surface area contributed by atoms with E-state index in [0.29, 0.717) is 28.6 Å². The first kappa shape index (κ1) is 27.1. The Balaban J connectivity index is 0.000000195. The molecular weight excluding hydrogens is 529 g/mol. The van der Waals surface area contributed by atoms with Crippen LogP contribution in [0.4, 0.5) is 0 Å². The van der Waals surface area contributed by atoms with E-state index in [9.17, 15) is 15.0 Å². The first-order valence-electron chi connectivity index (χ1n) is 12.1. The summed E-state index contributed by atoms with van der Waals surface area (Å²) in [7, 11) is 0. The van der Waals surface area contributed by atoms with Gasteiger partial charge in [0.1, 0.15) is 5.75 Å². The zero-order valence-electron chi connectivity index (χ0n) is 20.9. The molecule has 0 aliphatic carbocycles. The van der Waals surface area contributed by atoms with Crippen LogP contribution < -0.4 is 5.63 Å². The Morgan fingerprint density at radius 3 is 2.03 bits per heavy atom. The molecular formula is C28H32O4S4. The maximum absolute atomic E-state index is 11.5. The van der Waals surface area contributed by atoms with Gasteiger partial charge in [0.15, 0.2) is 5.58 Å². The molecule has 4 nitrogen and oxygen atoms in total. The normalized spacial score (nSPS) is 12.1. The Kier molecular flexibility index (Phi) is 8.73. The second kappa shape index (κ2) is 11.6. The quantitative estimate of drug-likeness (QED) is 0.198. The molecule has 192 valence electrons. The van der Waals surface area contributed by atoms with Crippen LogP contribution in [0.25, 0.3) is 30.1 Å². The van der Waals surface area contributed by atoms with Gasteiger partial charge in [-0.25, -0.2) is 4.79 Å². The van der Waals surface area contributed by atoms with Gasteiger partial charge in [-0.1, -0.05) is 27.7 Å². The number of aromatic hydroxyl groups is 1. The number of aliphatic hydroxyl groups is 1. The average molecular weight is 561 g/mol. The molecule has 5 heterocycles. The molecule has 0 unspecified atom stereocenters. The van der Waals surface area contributed by atoms with Crippen molar-refractivity contribution < 1.29 is 14.6 Å². The van der Waals surface area contributed by atoms with Crippen molar-refractivity contribution in [2.24, 2.45) is 11.8 Å². The molecule has 0 saturated carbocycles. The van der Waals surface area contributed by atoms with E-state index in [2.05, 4.69) is 27.7 Å². The number of rotatable bonds is 8. The van der Waals surface area contributed by atoms with Crippen molar-refractivity contribution in [3.05, 3.63) is 61.8 Å². The Morgan fingerprint density at radius 1 is 0.806 bits per heavy atom. The number of hydrogen-bond acceptors (Lipinski definition) is 8. The number of thiophene rings is 4. The summed E-state index contributed by atoms with van der Waals surface area (Å²) in [6.07, 6.45) is 3.54. The van der Waals surface area contributed by atoms with Crippen LogP contribution in [0.1, 0.15) is 58.9 Å². The Morgan fingerprint density at radius 2 is 1.39 bits per heavy atom. The van der Waals surface area contributed by atoms with Gasteiger partial charge in [-0.05, 0) is 83.3 Å². The maximum Gasteiger partial charge on any atom is 0.345 e. The van der Waals surface area contributed by atoms with Crippen LogP contribution in [0.5, 0.6) is 5.75 Å². The highest BCUT2D eigenvalue weighted by molar-refractivity contribution is 7.25. The topological polar surface area (TPSA) is 70.7 Å². The molecule has 0 saturated heterocycles. The molecule has 0 atom stereocenters. The van der Waals surface area contributed by atoms with Gasteiger partial charge in [0, 0.05) is 5.56 Å². The predicted octanol–water partition coefficient (Wildman–Crippen LogP) is 9.31. The minimum absolute atomic E-state index is 0.234. The number of fused-ring (bicyclic) bond motifs is 3. The molecule has 0 aliphatic heterocycles. The van der Waals surface area contributed by atoms with Gasteiger partial charge in [-0.3, -0.25) is 0 Å². The van der Waals surface area contributed by atoms with Gasteiger partial charge in [0.2, 0.25) is 0 Å². The van der Waals surface area contributed by atoms with Crippen LogP contribution in [0, 0.1) is 11.8 Å². The van der Waals surface area contributed by atoms with E-state index < -0.39 is 5.60 Å². The van der Waals surface area contributed by atoms with E-state index in [4.69, 9.17) is 4.42 Å². The van der Waals surface area contributed by atoms with Crippen molar-refractivity contribution in [2.45, 2.75) is 59.0 Å². The van der Waals surface area contributed by atoms with Crippen molar-refractivity contribution in [1.82, 2.24) is 0 Å². The molecule has 0 spiro atoms. The smallest absolute Gasteiger partial charge is 0.345 e. The molecule has 5 rings (SSSR count). The summed E-state index contributed by atoms with van der Waals surface area (Å²) in [6, 6.07) is 7.41. The Hall–Kier alpha value is -1.97. The van der Waals surface area contributed by atoms with E-state index in [0.717, 1.165) is 50.4 Å². The lowest BCUT2D eigenvalue weighted by molar-refractivity contribution is 0.00934. The Bertz CT molecular complexity index is 1450. The fourth-order valence-corrected chi connectivity index (χ4v) is 7.97. The van der Waals surface area contributed by atoms with E-state index in [-0.39, 0.29) is 5.63 Å². The lowest BCUT2D eigenvalue weighted by atomic mass is 9.81. The third-order valence-electron chi connectivity index (χ3n) is 6.21. The summed E-state index contributed by atoms with van der Waals surface area (Å²) >= 11 is 6.34. The van der Waals surface area contributed by atoms with Crippen molar-refractivity contribution in [2.75, 3.05) is 0 Å². The molecule has 8 heteroatoms. The molecule has 2 N–H and O–H groups in total. The van der Waals surface area contributed by atoms with Crippen molar-refractivity contribution in [3.63, 3.8) is 0 Å². The lowest BCUT2D eigenvalue weighted by Crippen LogP contribution is -2.27. The minimum atomic E-state index is -0.805. The number of hydrogen-bond donors (Lipinski definition) is 2. The summed E-state index contributed by atoms with van der Waals surface area (Å²) < 4.78 is 7.25. The first-order chi connectivity index (χ1) is 17.2. The lowest BCUT2D eigenvalue weighted by Gasteiger charge is -2.30. The Labute approximate surface area is 227 Å². The van der Waals surface area contributed by atoms with Crippen LogP contribution in [-0.4, -0.2) is 10.2 Å². The minimum Gasteiger partial charge on any atom is -0.506 e. The fraction of sp³-hybridized carbons (Fsp3) is 0.393. The van der Waals surface area contributed by atoms with Crippen LogP contribution in [0.2, 0.25) is 0 Å². The summed E-state index contributed by atoms with van der Waals surface area (Å²) in [4.78, 5) is 13.3. The summed E-state index contributed by atoms with van der Waals surface area (Å²) in [6.45, 7) is 8.79. The third kappa shape index (κ3) is 5.94. The van der Waals surface area contributed by atoms with E-state index in [1.807, 2.05) is 39.7 Å². The second-order valence-electron chi connectivity index (χ2n) is 9.86. The van der Waals surface area contributed by atoms with Crippen LogP contribution >= 0.6 is 45.3 Å². The SMILES string of the molecule is CC(C)CCC(O)(CCC(C)C)c1ccsc1-c1sccc1O.O=c1oc2ccsc2c2sccc12. The molecule has 36 heavy (non-hydrogen) atoms. The molecule has 0 aromatic carbocycles. The summed E-state index contributed by atoms with van der Waals surface area (Å²) in [5.41, 5.74) is 0.647. The van der Waals surface area contributed by atoms with E-state index in [1.165, 1.54) is 11.3 Å². The third-order valence-corrected chi connectivity index (χ3v) is 10.2. The standard InChI is InChI=1S/C19H28O2S2.C9H4O2S2/c1-13(2)5-9-19(21,10-6-14(3)4)15-7-11-22-17(15)18-16(20)8-12-23-18;10-9-5-1-3-12-7(5)8-6(11-9)2-4-13-8/h7-8,11-14,20-21H,5-6,9-10H2,1-4H3;1-4H. The van der Waals surface area contributed by atoms with Crippen LogP contribution in [0.3, 0.4) is 0 Å². The molecule has 0 radical (unpaired) electrons. The average Bonchev–Trinajstić information content (AvgIpc) is 3.62. The molecule has 0 aliphatic rings. The zero-order valence-corrected chi connectivity index (χ0v) is 24.2. The predicted molar refractivity (Wildman–Crippen MR) is 157 cm³/mol. The second-order valence-corrected chi connectivity index (χ2v) is 13.5. The van der Waals surface area contributed by atoms with Gasteiger partial charge in [0.05, 0.1) is 30.1 Å². The van der Waals surface area contributed by atoms with Crippen LogP contribution in [0.15, 0.2) is 55.0 Å². The summed E-state index contributed by atoms with van der Waals surface area (Å²) in [5, 5.41) is 30.0. The largest absolute Gasteiger partial charge is 0.506 e. The van der Waals surface area contributed by atoms with Gasteiger partial charge in [-0.2, -0.15) is 0 Å². The van der Waals surface area contributed by atoms with Crippen molar-refractivity contribution >= 4 is 65.7 Å². The molecule has 5 aromatic rings. The molecule has 0 fully saturated rings. The van der Waals surface area contributed by atoms with Crippen LogP contribution in [-0.2, 0) is 5.60 Å². The van der Waals surface area contributed by atoms with Gasteiger partial charge in [-0.15, -0.1) is 45.3 Å². The molecule has 5 aromatic heterocycles. The van der Waals surface area contributed by atoms with E-state index >= 15 is 0 Å².